The number of rotatable bonds is 3. The van der Waals surface area contributed by atoms with Gasteiger partial charge in [0.2, 0.25) is 0 Å². The van der Waals surface area contributed by atoms with Crippen molar-refractivity contribution >= 4 is 17.6 Å². The van der Waals surface area contributed by atoms with E-state index in [0.29, 0.717) is 24.3 Å². The van der Waals surface area contributed by atoms with E-state index in [0.717, 1.165) is 5.06 Å². The van der Waals surface area contributed by atoms with Gasteiger partial charge in [-0.25, -0.2) is 0 Å². The van der Waals surface area contributed by atoms with Gasteiger partial charge in [0.05, 0.1) is 18.7 Å². The van der Waals surface area contributed by atoms with E-state index in [1.54, 1.807) is 24.3 Å². The quantitative estimate of drug-likeness (QED) is 0.794. The monoisotopic (exact) mass is 236 g/mol. The predicted molar refractivity (Wildman–Crippen MR) is 59.1 cm³/mol. The highest BCUT2D eigenvalue weighted by Gasteiger charge is 2.24. The highest BCUT2D eigenvalue weighted by atomic mass is 16.7. The lowest BCUT2D eigenvalue weighted by molar-refractivity contribution is -0.138. The van der Waals surface area contributed by atoms with Gasteiger partial charge in [-0.05, 0) is 17.7 Å². The van der Waals surface area contributed by atoms with Crippen LogP contribution in [0.15, 0.2) is 24.3 Å². The van der Waals surface area contributed by atoms with Gasteiger partial charge < -0.3 is 10.8 Å². The summed E-state index contributed by atoms with van der Waals surface area (Å²) in [5, 5.41) is 9.97. The van der Waals surface area contributed by atoms with Crippen LogP contribution in [0.2, 0.25) is 0 Å². The van der Waals surface area contributed by atoms with Gasteiger partial charge in [-0.3, -0.25) is 14.4 Å². The second kappa shape index (κ2) is 4.52. The van der Waals surface area contributed by atoms with Crippen LogP contribution in [0.1, 0.15) is 18.0 Å². The largest absolute Gasteiger partial charge is 0.480 e. The van der Waals surface area contributed by atoms with Crippen molar-refractivity contribution in [2.45, 2.75) is 12.5 Å². The van der Waals surface area contributed by atoms with Crippen LogP contribution in [0, 0.1) is 0 Å². The molecule has 0 radical (unpaired) electrons. The van der Waals surface area contributed by atoms with E-state index in [1.807, 2.05) is 0 Å². The van der Waals surface area contributed by atoms with Gasteiger partial charge in [0.1, 0.15) is 6.04 Å². The van der Waals surface area contributed by atoms with Crippen molar-refractivity contribution < 1.29 is 19.5 Å². The van der Waals surface area contributed by atoms with Gasteiger partial charge >= 0.3 is 5.97 Å². The average Bonchev–Trinajstić information content (AvgIpc) is 2.74. The minimum absolute atomic E-state index is 0.147. The zero-order chi connectivity index (χ0) is 12.4. The van der Waals surface area contributed by atoms with E-state index in [1.165, 1.54) is 0 Å². The second-order valence-corrected chi connectivity index (χ2v) is 3.68. The molecule has 17 heavy (non-hydrogen) atoms. The molecule has 2 rings (SSSR count). The second-order valence-electron chi connectivity index (χ2n) is 3.68. The van der Waals surface area contributed by atoms with Gasteiger partial charge in [-0.1, -0.05) is 12.1 Å². The van der Waals surface area contributed by atoms with Crippen molar-refractivity contribution in [3.8, 4) is 0 Å². The first-order valence-electron chi connectivity index (χ1n) is 5.14. The van der Waals surface area contributed by atoms with E-state index >= 15 is 0 Å². The lowest BCUT2D eigenvalue weighted by atomic mass is 10.1. The molecule has 1 saturated heterocycles. The Bertz CT molecular complexity index is 461. The molecule has 0 bridgehead atoms. The molecular weight excluding hydrogens is 224 g/mol. The van der Waals surface area contributed by atoms with Crippen molar-refractivity contribution in [1.29, 1.82) is 0 Å². The number of amides is 1. The third-order valence-corrected chi connectivity index (χ3v) is 2.49. The molecule has 1 aromatic rings. The lowest BCUT2D eigenvalue weighted by Gasteiger charge is -2.16. The summed E-state index contributed by atoms with van der Waals surface area (Å²) in [5.74, 6) is -1.26. The van der Waals surface area contributed by atoms with Crippen LogP contribution in [0.3, 0.4) is 0 Å². The molecule has 1 aliphatic heterocycles. The number of carboxylic acid groups (broad SMARTS) is 1. The fraction of sp³-hybridized carbons (Fsp3) is 0.273. The molecule has 1 aliphatic rings. The minimum atomic E-state index is -1.11. The van der Waals surface area contributed by atoms with Gasteiger partial charge in [-0.15, -0.1) is 0 Å². The number of nitrogens with zero attached hydrogens (tertiary/aromatic N) is 1. The minimum Gasteiger partial charge on any atom is -0.480 e. The Balaban J connectivity index is 2.28. The number of hydroxylamine groups is 1. The Morgan fingerprint density at radius 1 is 1.53 bits per heavy atom. The first-order valence-corrected chi connectivity index (χ1v) is 5.14. The van der Waals surface area contributed by atoms with Gasteiger partial charge in [0, 0.05) is 0 Å². The number of hydrogen-bond donors (Lipinski definition) is 2. The highest BCUT2D eigenvalue weighted by Crippen LogP contribution is 2.23. The molecule has 0 aromatic heterocycles. The maximum Gasteiger partial charge on any atom is 0.325 e. The fourth-order valence-corrected chi connectivity index (χ4v) is 1.60. The highest BCUT2D eigenvalue weighted by molar-refractivity contribution is 5.93. The summed E-state index contributed by atoms with van der Waals surface area (Å²) in [6.45, 7) is 0.341. The molecule has 0 spiro atoms. The Morgan fingerprint density at radius 2 is 2.29 bits per heavy atom. The van der Waals surface area contributed by atoms with Crippen molar-refractivity contribution in [3.63, 3.8) is 0 Å². The molecule has 6 nitrogen and oxygen atoms in total. The number of carboxylic acids is 1. The molecule has 0 aliphatic carbocycles. The van der Waals surface area contributed by atoms with Crippen molar-refractivity contribution in [3.05, 3.63) is 29.8 Å². The van der Waals surface area contributed by atoms with Crippen LogP contribution in [0.25, 0.3) is 0 Å². The predicted octanol–water partition coefficient (Wildman–Crippen LogP) is 0.439. The number of anilines is 1. The van der Waals surface area contributed by atoms with Crippen LogP contribution in [-0.2, 0) is 14.4 Å². The molecule has 1 atom stereocenters. The lowest BCUT2D eigenvalue weighted by Crippen LogP contribution is -2.24. The summed E-state index contributed by atoms with van der Waals surface area (Å²) in [4.78, 5) is 27.3. The number of hydrogen-bond acceptors (Lipinski definition) is 4. The molecule has 1 heterocycles. The first kappa shape index (κ1) is 11.6. The molecule has 1 aromatic carbocycles. The number of carbonyl (C=O) groups is 2. The molecule has 6 heteroatoms. The first-order chi connectivity index (χ1) is 8.09. The number of benzene rings is 1. The van der Waals surface area contributed by atoms with E-state index in [2.05, 4.69) is 0 Å². The average molecular weight is 236 g/mol. The molecule has 0 saturated carbocycles. The SMILES string of the molecule is NC(C(=O)O)c1cccc(N2OCCC2=O)c1. The number of aliphatic carboxylic acids is 1. The van der Waals surface area contributed by atoms with Crippen molar-refractivity contribution in [2.24, 2.45) is 5.73 Å². The smallest absolute Gasteiger partial charge is 0.325 e. The van der Waals surface area contributed by atoms with Crippen LogP contribution in [-0.4, -0.2) is 23.6 Å². The Labute approximate surface area is 97.5 Å². The summed E-state index contributed by atoms with van der Waals surface area (Å²) in [6, 6.07) is 5.35. The summed E-state index contributed by atoms with van der Waals surface area (Å²) >= 11 is 0. The van der Waals surface area contributed by atoms with Crippen LogP contribution < -0.4 is 10.8 Å². The molecule has 3 N–H and O–H groups in total. The fourth-order valence-electron chi connectivity index (χ4n) is 1.60. The molecular formula is C11H12N2O4. The molecule has 1 amide bonds. The normalized spacial score (nSPS) is 17.2. The summed E-state index contributed by atoms with van der Waals surface area (Å²) in [5.41, 5.74) is 6.43. The van der Waals surface area contributed by atoms with E-state index in [4.69, 9.17) is 15.7 Å². The molecule has 1 unspecified atom stereocenters. The molecule has 1 fully saturated rings. The molecule has 90 valence electrons. The summed E-state index contributed by atoms with van der Waals surface area (Å²) in [7, 11) is 0. The summed E-state index contributed by atoms with van der Waals surface area (Å²) in [6.07, 6.45) is 0.329. The third kappa shape index (κ3) is 2.27. The van der Waals surface area contributed by atoms with Crippen LogP contribution in [0.4, 0.5) is 5.69 Å². The van der Waals surface area contributed by atoms with Gasteiger partial charge in [0.25, 0.3) is 5.91 Å². The van der Waals surface area contributed by atoms with Crippen LogP contribution in [0.5, 0.6) is 0 Å². The topological polar surface area (TPSA) is 92.9 Å². The number of nitrogens with two attached hydrogens (primary N) is 1. The third-order valence-electron chi connectivity index (χ3n) is 2.49. The maximum absolute atomic E-state index is 11.4. The van der Waals surface area contributed by atoms with Gasteiger partial charge in [-0.2, -0.15) is 5.06 Å². The van der Waals surface area contributed by atoms with Gasteiger partial charge in [0.15, 0.2) is 0 Å². The van der Waals surface area contributed by atoms with E-state index < -0.39 is 12.0 Å². The Hall–Kier alpha value is -1.92. The standard InChI is InChI=1S/C11H12N2O4/c12-10(11(15)16)7-2-1-3-8(6-7)13-9(14)4-5-17-13/h1-3,6,10H,4-5,12H2,(H,15,16). The van der Waals surface area contributed by atoms with E-state index in [-0.39, 0.29) is 5.91 Å². The van der Waals surface area contributed by atoms with Crippen molar-refractivity contribution in [1.82, 2.24) is 0 Å². The Kier molecular flexibility index (Phi) is 3.08. The summed E-state index contributed by atoms with van der Waals surface area (Å²) < 4.78 is 0. The Morgan fingerprint density at radius 3 is 2.88 bits per heavy atom. The zero-order valence-electron chi connectivity index (χ0n) is 9.00. The number of carbonyl (C=O) groups excluding carboxylic acids is 1. The van der Waals surface area contributed by atoms with E-state index in [9.17, 15) is 9.59 Å². The van der Waals surface area contributed by atoms with Crippen LogP contribution >= 0.6 is 0 Å². The van der Waals surface area contributed by atoms with Crippen molar-refractivity contribution in [2.75, 3.05) is 11.7 Å². The zero-order valence-corrected chi connectivity index (χ0v) is 9.00. The maximum atomic E-state index is 11.4.